The molecule has 1 aliphatic carbocycles. The molecule has 0 unspecified atom stereocenters. The molecule has 1 aliphatic rings. The number of nitrogens with zero attached hydrogens (tertiary/aromatic N) is 1. The molecule has 0 amide bonds. The standard InChI is InChI=1S/C16H9F3N2O2/c1-7-13(21-10-5-4-9(17)11(18)12(10)19)16(23)8-3-2-6-20-14(8)15(7)22/h2-6,21H,1H3. The van der Waals surface area contributed by atoms with Crippen molar-refractivity contribution in [3.8, 4) is 0 Å². The molecule has 1 heterocycles. The van der Waals surface area contributed by atoms with Crippen molar-refractivity contribution in [3.63, 3.8) is 0 Å². The molecule has 1 N–H and O–H groups in total. The van der Waals surface area contributed by atoms with E-state index in [1.807, 2.05) is 0 Å². The maximum Gasteiger partial charge on any atom is 0.211 e. The fourth-order valence-corrected chi connectivity index (χ4v) is 2.27. The Balaban J connectivity index is 2.07. The number of Topliss-reactive ketones (excluding diaryl/α,β-unsaturated/α-hetero) is 2. The molecular formula is C16H9F3N2O2. The third-order valence-electron chi connectivity index (χ3n) is 3.50. The van der Waals surface area contributed by atoms with Gasteiger partial charge in [0, 0.05) is 11.8 Å². The quantitative estimate of drug-likeness (QED) is 0.864. The van der Waals surface area contributed by atoms with E-state index in [2.05, 4.69) is 10.3 Å². The summed E-state index contributed by atoms with van der Waals surface area (Å²) in [7, 11) is 0. The number of nitrogens with one attached hydrogen (secondary N) is 1. The minimum atomic E-state index is -1.66. The molecule has 0 atom stereocenters. The summed E-state index contributed by atoms with van der Waals surface area (Å²) in [5, 5.41) is 2.39. The molecule has 0 fully saturated rings. The van der Waals surface area contributed by atoms with Gasteiger partial charge in [-0.1, -0.05) is 0 Å². The Morgan fingerprint density at radius 3 is 2.48 bits per heavy atom. The van der Waals surface area contributed by atoms with Crippen LogP contribution in [0.5, 0.6) is 0 Å². The summed E-state index contributed by atoms with van der Waals surface area (Å²) in [6.07, 6.45) is 1.38. The topological polar surface area (TPSA) is 59.1 Å². The summed E-state index contributed by atoms with van der Waals surface area (Å²) in [4.78, 5) is 28.5. The average Bonchev–Trinajstić information content (AvgIpc) is 2.56. The molecule has 116 valence electrons. The maximum absolute atomic E-state index is 13.8. The molecule has 1 aromatic heterocycles. The number of rotatable bonds is 2. The lowest BCUT2D eigenvalue weighted by Gasteiger charge is -2.19. The average molecular weight is 318 g/mol. The van der Waals surface area contributed by atoms with E-state index in [4.69, 9.17) is 0 Å². The minimum absolute atomic E-state index is 0.00584. The van der Waals surface area contributed by atoms with E-state index in [9.17, 15) is 22.8 Å². The second kappa shape index (κ2) is 5.35. The fourth-order valence-electron chi connectivity index (χ4n) is 2.27. The van der Waals surface area contributed by atoms with Crippen LogP contribution in [0, 0.1) is 17.5 Å². The number of allylic oxidation sites excluding steroid dienone is 2. The van der Waals surface area contributed by atoms with Gasteiger partial charge in [-0.05, 0) is 31.2 Å². The van der Waals surface area contributed by atoms with Gasteiger partial charge in [0.2, 0.25) is 11.6 Å². The Kier molecular flexibility index (Phi) is 3.48. The van der Waals surface area contributed by atoms with Crippen LogP contribution in [0.2, 0.25) is 0 Å². The second-order valence-electron chi connectivity index (χ2n) is 4.91. The first-order valence-electron chi connectivity index (χ1n) is 6.57. The number of halogens is 3. The van der Waals surface area contributed by atoms with Crippen molar-refractivity contribution >= 4 is 17.3 Å². The van der Waals surface area contributed by atoms with Crippen LogP contribution >= 0.6 is 0 Å². The third kappa shape index (κ3) is 2.30. The van der Waals surface area contributed by atoms with Crippen molar-refractivity contribution in [2.24, 2.45) is 0 Å². The fraction of sp³-hybridized carbons (Fsp3) is 0.0625. The zero-order chi connectivity index (χ0) is 16.7. The number of hydrogen-bond acceptors (Lipinski definition) is 4. The van der Waals surface area contributed by atoms with Gasteiger partial charge in [-0.2, -0.15) is 0 Å². The summed E-state index contributed by atoms with van der Waals surface area (Å²) in [5.74, 6) is -5.55. The van der Waals surface area contributed by atoms with Crippen LogP contribution in [0.3, 0.4) is 0 Å². The van der Waals surface area contributed by atoms with E-state index < -0.39 is 34.7 Å². The van der Waals surface area contributed by atoms with E-state index in [1.54, 1.807) is 0 Å². The van der Waals surface area contributed by atoms with Crippen LogP contribution in [-0.2, 0) is 0 Å². The predicted octanol–water partition coefficient (Wildman–Crippen LogP) is 3.26. The highest BCUT2D eigenvalue weighted by molar-refractivity contribution is 6.26. The van der Waals surface area contributed by atoms with Gasteiger partial charge < -0.3 is 5.32 Å². The number of anilines is 1. The van der Waals surface area contributed by atoms with E-state index in [-0.39, 0.29) is 22.5 Å². The van der Waals surface area contributed by atoms with Gasteiger partial charge in [0.25, 0.3) is 0 Å². The lowest BCUT2D eigenvalue weighted by Crippen LogP contribution is -2.26. The zero-order valence-electron chi connectivity index (χ0n) is 11.8. The molecule has 0 bridgehead atoms. The Hall–Kier alpha value is -2.96. The van der Waals surface area contributed by atoms with Crippen molar-refractivity contribution in [2.75, 3.05) is 5.32 Å². The smallest absolute Gasteiger partial charge is 0.211 e. The van der Waals surface area contributed by atoms with Crippen LogP contribution in [0.1, 0.15) is 27.8 Å². The number of aromatic nitrogens is 1. The molecule has 2 aromatic rings. The first kappa shape index (κ1) is 15.0. The molecule has 7 heteroatoms. The van der Waals surface area contributed by atoms with Crippen LogP contribution in [0.15, 0.2) is 41.7 Å². The monoisotopic (exact) mass is 318 g/mol. The Bertz CT molecular complexity index is 891. The number of benzene rings is 1. The highest BCUT2D eigenvalue weighted by Gasteiger charge is 2.31. The number of carbonyl (C=O) groups excluding carboxylic acids is 2. The summed E-state index contributed by atoms with van der Waals surface area (Å²) in [5.41, 5.74) is -0.544. The summed E-state index contributed by atoms with van der Waals surface area (Å²) < 4.78 is 40.0. The van der Waals surface area contributed by atoms with Gasteiger partial charge in [0.15, 0.2) is 17.5 Å². The Morgan fingerprint density at radius 1 is 1.00 bits per heavy atom. The van der Waals surface area contributed by atoms with Crippen LogP contribution in [-0.4, -0.2) is 16.6 Å². The SMILES string of the molecule is CC1=C(Nc2ccc(F)c(F)c2F)C(=O)c2cccnc2C1=O. The summed E-state index contributed by atoms with van der Waals surface area (Å²) in [6, 6.07) is 4.57. The van der Waals surface area contributed by atoms with Crippen LogP contribution in [0.4, 0.5) is 18.9 Å². The maximum atomic E-state index is 13.8. The number of pyridine rings is 1. The molecule has 0 spiro atoms. The third-order valence-corrected chi connectivity index (χ3v) is 3.50. The van der Waals surface area contributed by atoms with Crippen LogP contribution < -0.4 is 5.32 Å². The van der Waals surface area contributed by atoms with Crippen molar-refractivity contribution < 1.29 is 22.8 Å². The normalized spacial score (nSPS) is 14.1. The molecule has 0 saturated heterocycles. The lowest BCUT2D eigenvalue weighted by molar-refractivity contribution is 0.0972. The minimum Gasteiger partial charge on any atom is -0.350 e. The van der Waals surface area contributed by atoms with Gasteiger partial charge in [0.1, 0.15) is 5.69 Å². The molecule has 4 nitrogen and oxygen atoms in total. The van der Waals surface area contributed by atoms with Gasteiger partial charge in [-0.25, -0.2) is 13.2 Å². The molecule has 0 saturated carbocycles. The van der Waals surface area contributed by atoms with E-state index in [0.717, 1.165) is 12.1 Å². The first-order valence-corrected chi connectivity index (χ1v) is 6.57. The van der Waals surface area contributed by atoms with Gasteiger partial charge in [-0.15, -0.1) is 0 Å². The lowest BCUT2D eigenvalue weighted by atomic mass is 9.91. The predicted molar refractivity (Wildman–Crippen MR) is 75.5 cm³/mol. The van der Waals surface area contributed by atoms with E-state index >= 15 is 0 Å². The van der Waals surface area contributed by atoms with Gasteiger partial charge in [-0.3, -0.25) is 14.6 Å². The largest absolute Gasteiger partial charge is 0.350 e. The Morgan fingerprint density at radius 2 is 1.74 bits per heavy atom. The number of hydrogen-bond donors (Lipinski definition) is 1. The molecule has 1 aromatic carbocycles. The van der Waals surface area contributed by atoms with Crippen molar-refractivity contribution in [2.45, 2.75) is 6.92 Å². The summed E-state index contributed by atoms with van der Waals surface area (Å²) in [6.45, 7) is 1.37. The zero-order valence-corrected chi connectivity index (χ0v) is 11.8. The van der Waals surface area contributed by atoms with E-state index in [0.29, 0.717) is 0 Å². The molecule has 3 rings (SSSR count). The Labute approximate surface area is 128 Å². The molecule has 0 aliphatic heterocycles. The van der Waals surface area contributed by atoms with Crippen molar-refractivity contribution in [1.82, 2.24) is 4.98 Å². The van der Waals surface area contributed by atoms with Crippen LogP contribution in [0.25, 0.3) is 0 Å². The second-order valence-corrected chi connectivity index (χ2v) is 4.91. The summed E-state index contributed by atoms with van der Waals surface area (Å²) >= 11 is 0. The van der Waals surface area contributed by atoms with E-state index in [1.165, 1.54) is 25.3 Å². The number of fused-ring (bicyclic) bond motifs is 1. The molecule has 0 radical (unpaired) electrons. The van der Waals surface area contributed by atoms with Crippen molar-refractivity contribution in [3.05, 3.63) is 70.4 Å². The number of carbonyl (C=O) groups is 2. The highest BCUT2D eigenvalue weighted by Crippen LogP contribution is 2.28. The molecular weight excluding hydrogens is 309 g/mol. The number of ketones is 2. The highest BCUT2D eigenvalue weighted by atomic mass is 19.2. The van der Waals surface area contributed by atoms with Gasteiger partial charge >= 0.3 is 0 Å². The molecule has 23 heavy (non-hydrogen) atoms. The first-order chi connectivity index (χ1) is 10.9. The van der Waals surface area contributed by atoms with Gasteiger partial charge in [0.05, 0.1) is 16.9 Å². The van der Waals surface area contributed by atoms with Crippen molar-refractivity contribution in [1.29, 1.82) is 0 Å².